The summed E-state index contributed by atoms with van der Waals surface area (Å²) in [6.45, 7) is 2.08. The zero-order valence-corrected chi connectivity index (χ0v) is 5.68. The molecule has 2 N–H and O–H groups in total. The smallest absolute Gasteiger partial charge is 0.0518 e. The molecule has 1 aromatic heterocycles. The lowest BCUT2D eigenvalue weighted by Crippen LogP contribution is -2.12. The van der Waals surface area contributed by atoms with Crippen LogP contribution in [-0.2, 0) is 0 Å². The van der Waals surface area contributed by atoms with Crippen LogP contribution in [0.1, 0.15) is 18.7 Å². The van der Waals surface area contributed by atoms with E-state index in [0.29, 0.717) is 6.04 Å². The predicted molar refractivity (Wildman–Crippen MR) is 36.1 cm³/mol. The Hall–Kier alpha value is -0.830. The summed E-state index contributed by atoms with van der Waals surface area (Å²) in [6, 6.07) is 2.33. The van der Waals surface area contributed by atoms with Crippen molar-refractivity contribution in [3.63, 3.8) is 0 Å². The summed E-state index contributed by atoms with van der Waals surface area (Å²) in [4.78, 5) is 0. The molecule has 1 unspecified atom stereocenters. The maximum absolute atomic E-state index is 3.83. The molecule has 9 heavy (non-hydrogen) atoms. The van der Waals surface area contributed by atoms with E-state index in [0.717, 1.165) is 5.69 Å². The van der Waals surface area contributed by atoms with Gasteiger partial charge in [-0.05, 0) is 20.0 Å². The fraction of sp³-hybridized carbons (Fsp3) is 0.500. The van der Waals surface area contributed by atoms with Gasteiger partial charge in [-0.2, -0.15) is 5.10 Å². The quantitative estimate of drug-likeness (QED) is 0.610. The highest BCUT2D eigenvalue weighted by Crippen LogP contribution is 2.04. The number of H-pyrrole nitrogens is 1. The summed E-state index contributed by atoms with van der Waals surface area (Å²) in [6.07, 6.45) is 1.75. The van der Waals surface area contributed by atoms with Crippen LogP contribution in [0.5, 0.6) is 0 Å². The van der Waals surface area contributed by atoms with Crippen molar-refractivity contribution in [3.8, 4) is 0 Å². The highest BCUT2D eigenvalue weighted by molar-refractivity contribution is 5.02. The number of rotatable bonds is 2. The average molecular weight is 125 g/mol. The van der Waals surface area contributed by atoms with Crippen molar-refractivity contribution in [2.45, 2.75) is 13.0 Å². The van der Waals surface area contributed by atoms with Crippen molar-refractivity contribution in [2.24, 2.45) is 0 Å². The second kappa shape index (κ2) is 2.64. The molecule has 0 radical (unpaired) electrons. The molecule has 1 atom stereocenters. The lowest BCUT2D eigenvalue weighted by atomic mass is 10.2. The van der Waals surface area contributed by atoms with Crippen molar-refractivity contribution >= 4 is 0 Å². The second-order valence-electron chi connectivity index (χ2n) is 2.02. The molecule has 3 nitrogen and oxygen atoms in total. The van der Waals surface area contributed by atoms with Gasteiger partial charge >= 0.3 is 0 Å². The van der Waals surface area contributed by atoms with E-state index in [-0.39, 0.29) is 0 Å². The third kappa shape index (κ3) is 1.29. The van der Waals surface area contributed by atoms with Gasteiger partial charge in [-0.3, -0.25) is 5.10 Å². The number of nitrogens with one attached hydrogen (secondary N) is 2. The van der Waals surface area contributed by atoms with Gasteiger partial charge in [0.15, 0.2) is 0 Å². The summed E-state index contributed by atoms with van der Waals surface area (Å²) in [7, 11) is 1.92. The molecule has 0 aromatic carbocycles. The Bertz CT molecular complexity index is 157. The van der Waals surface area contributed by atoms with E-state index in [1.807, 2.05) is 13.1 Å². The van der Waals surface area contributed by atoms with Gasteiger partial charge in [-0.25, -0.2) is 0 Å². The molecule has 0 spiro atoms. The van der Waals surface area contributed by atoms with Crippen LogP contribution >= 0.6 is 0 Å². The lowest BCUT2D eigenvalue weighted by Gasteiger charge is -2.04. The normalized spacial score (nSPS) is 13.6. The summed E-state index contributed by atoms with van der Waals surface area (Å²) in [5.74, 6) is 0. The molecule has 1 aromatic rings. The van der Waals surface area contributed by atoms with Crippen LogP contribution in [0.3, 0.4) is 0 Å². The Morgan fingerprint density at radius 3 is 3.00 bits per heavy atom. The number of hydrogen-bond donors (Lipinski definition) is 2. The van der Waals surface area contributed by atoms with Gasteiger partial charge in [-0.1, -0.05) is 0 Å². The molecule has 3 heteroatoms. The van der Waals surface area contributed by atoms with Crippen LogP contribution in [0.25, 0.3) is 0 Å². The van der Waals surface area contributed by atoms with E-state index in [2.05, 4.69) is 22.4 Å². The Morgan fingerprint density at radius 1 is 1.78 bits per heavy atom. The Kier molecular flexibility index (Phi) is 1.85. The molecule has 0 saturated heterocycles. The number of aromatic nitrogens is 2. The average Bonchev–Trinajstić information content (AvgIpc) is 2.37. The molecular formula is C6H11N3. The summed E-state index contributed by atoms with van der Waals surface area (Å²) >= 11 is 0. The first kappa shape index (κ1) is 6.29. The van der Waals surface area contributed by atoms with Crippen LogP contribution in [0.4, 0.5) is 0 Å². The fourth-order valence-corrected chi connectivity index (χ4v) is 0.663. The van der Waals surface area contributed by atoms with Gasteiger partial charge in [0.1, 0.15) is 0 Å². The van der Waals surface area contributed by atoms with Crippen LogP contribution in [0, 0.1) is 0 Å². The fourth-order valence-electron chi connectivity index (χ4n) is 0.663. The van der Waals surface area contributed by atoms with Crippen LogP contribution in [0.15, 0.2) is 12.3 Å². The zero-order chi connectivity index (χ0) is 6.69. The Labute approximate surface area is 54.5 Å². The largest absolute Gasteiger partial charge is 0.312 e. The van der Waals surface area contributed by atoms with Gasteiger partial charge < -0.3 is 5.32 Å². The number of nitrogens with zero attached hydrogens (tertiary/aromatic N) is 1. The first-order chi connectivity index (χ1) is 4.34. The standard InChI is InChI=1S/C6H11N3/c1-5(7-2)6-3-4-8-9-6/h3-5,7H,1-2H3,(H,8,9). The highest BCUT2D eigenvalue weighted by atomic mass is 15.1. The minimum atomic E-state index is 0.368. The molecule has 0 aliphatic rings. The molecule has 0 saturated carbocycles. The Balaban J connectivity index is 2.65. The molecule has 0 aliphatic carbocycles. The van der Waals surface area contributed by atoms with Crippen LogP contribution < -0.4 is 5.32 Å². The monoisotopic (exact) mass is 125 g/mol. The van der Waals surface area contributed by atoms with Gasteiger partial charge in [0, 0.05) is 12.2 Å². The number of aromatic amines is 1. The topological polar surface area (TPSA) is 40.7 Å². The first-order valence-corrected chi connectivity index (χ1v) is 3.01. The molecule has 1 rings (SSSR count). The van der Waals surface area contributed by atoms with Gasteiger partial charge in [0.05, 0.1) is 5.69 Å². The second-order valence-corrected chi connectivity index (χ2v) is 2.02. The first-order valence-electron chi connectivity index (χ1n) is 3.01. The molecular weight excluding hydrogens is 114 g/mol. The summed E-state index contributed by atoms with van der Waals surface area (Å²) in [5, 5.41) is 9.80. The molecule has 0 amide bonds. The highest BCUT2D eigenvalue weighted by Gasteiger charge is 2.00. The van der Waals surface area contributed by atoms with E-state index < -0.39 is 0 Å². The van der Waals surface area contributed by atoms with Gasteiger partial charge in [0.25, 0.3) is 0 Å². The van der Waals surface area contributed by atoms with E-state index in [1.165, 1.54) is 0 Å². The van der Waals surface area contributed by atoms with Crippen molar-refractivity contribution in [1.82, 2.24) is 15.5 Å². The molecule has 0 bridgehead atoms. The zero-order valence-electron chi connectivity index (χ0n) is 5.68. The van der Waals surface area contributed by atoms with Crippen molar-refractivity contribution in [1.29, 1.82) is 0 Å². The molecule has 0 fully saturated rings. The third-order valence-corrected chi connectivity index (χ3v) is 1.42. The maximum atomic E-state index is 3.83. The molecule has 50 valence electrons. The predicted octanol–water partition coefficient (Wildman–Crippen LogP) is 0.690. The Morgan fingerprint density at radius 2 is 2.56 bits per heavy atom. The molecule has 0 aliphatic heterocycles. The minimum Gasteiger partial charge on any atom is -0.312 e. The minimum absolute atomic E-state index is 0.368. The lowest BCUT2D eigenvalue weighted by molar-refractivity contribution is 0.630. The summed E-state index contributed by atoms with van der Waals surface area (Å²) < 4.78 is 0. The van der Waals surface area contributed by atoms with E-state index in [9.17, 15) is 0 Å². The SMILES string of the molecule is CNC(C)c1ccn[nH]1. The number of hydrogen-bond acceptors (Lipinski definition) is 2. The van der Waals surface area contributed by atoms with Crippen molar-refractivity contribution < 1.29 is 0 Å². The van der Waals surface area contributed by atoms with E-state index >= 15 is 0 Å². The summed E-state index contributed by atoms with van der Waals surface area (Å²) in [5.41, 5.74) is 1.12. The maximum Gasteiger partial charge on any atom is 0.0518 e. The van der Waals surface area contributed by atoms with Crippen molar-refractivity contribution in [3.05, 3.63) is 18.0 Å². The molecule has 1 heterocycles. The van der Waals surface area contributed by atoms with Gasteiger partial charge in [-0.15, -0.1) is 0 Å². The van der Waals surface area contributed by atoms with Crippen molar-refractivity contribution in [2.75, 3.05) is 7.05 Å². The van der Waals surface area contributed by atoms with E-state index in [1.54, 1.807) is 6.20 Å². The van der Waals surface area contributed by atoms with E-state index in [4.69, 9.17) is 0 Å². The van der Waals surface area contributed by atoms with Gasteiger partial charge in [0.2, 0.25) is 0 Å². The van der Waals surface area contributed by atoms with Crippen LogP contribution in [-0.4, -0.2) is 17.2 Å². The third-order valence-electron chi connectivity index (χ3n) is 1.42. The van der Waals surface area contributed by atoms with Crippen LogP contribution in [0.2, 0.25) is 0 Å².